The lowest BCUT2D eigenvalue weighted by atomic mass is 10.0. The van der Waals surface area contributed by atoms with Gasteiger partial charge in [0.25, 0.3) is 7.82 Å². The number of unbranched alkanes of at least 4 members (excludes halogenated alkanes) is 28. The third kappa shape index (κ3) is 49.9. The normalized spacial score (nSPS) is 14.5. The maximum absolute atomic E-state index is 12.9. The molecule has 8 nitrogen and oxygen atoms in total. The fourth-order valence-corrected chi connectivity index (χ4v) is 8.34. The van der Waals surface area contributed by atoms with E-state index in [1.165, 1.54) is 161 Å². The topological polar surface area (TPSA) is 108 Å². The zero-order valence-corrected chi connectivity index (χ0v) is 44.1. The molecule has 0 aliphatic rings. The lowest BCUT2D eigenvalue weighted by Gasteiger charge is -2.29. The summed E-state index contributed by atoms with van der Waals surface area (Å²) in [5, 5.41) is 13.8. The number of nitrogens with zero attached hydrogens (tertiary/aromatic N) is 1. The van der Waals surface area contributed by atoms with Crippen molar-refractivity contribution < 1.29 is 32.9 Å². The van der Waals surface area contributed by atoms with Crippen molar-refractivity contribution in [1.82, 2.24) is 5.32 Å². The molecule has 3 atom stereocenters. The standard InChI is InChI=1S/C56H105N2O6P/c1-6-8-10-12-14-16-18-20-21-22-23-24-25-26-27-28-29-30-31-32-33-34-35-36-37-38-40-42-44-46-48-50-56(60)57-54(53-64-65(61,62)63-52-51-58(3,4)5)55(59)49-47-45-43-41-39-19-17-15-13-11-9-7-2/h13,15,18,20,22-23,39,41,47,49,54-55,59H,6-12,14,16-17,19,21,24-38,40,42-46,48,50-53H2,1-5H3,(H-,57,60,61,62)/b15-13+,20-18-,23-22-,41-39+,49-47+. The Kier molecular flexibility index (Phi) is 46.0. The Bertz CT molecular complexity index is 1240. The summed E-state index contributed by atoms with van der Waals surface area (Å²) >= 11 is 0. The highest BCUT2D eigenvalue weighted by atomic mass is 31.2. The first-order valence-corrected chi connectivity index (χ1v) is 28.6. The summed E-state index contributed by atoms with van der Waals surface area (Å²) < 4.78 is 23.2. The van der Waals surface area contributed by atoms with Gasteiger partial charge >= 0.3 is 0 Å². The monoisotopic (exact) mass is 933 g/mol. The van der Waals surface area contributed by atoms with Gasteiger partial charge in [-0.3, -0.25) is 9.36 Å². The van der Waals surface area contributed by atoms with Gasteiger partial charge in [0.15, 0.2) is 0 Å². The summed E-state index contributed by atoms with van der Waals surface area (Å²) in [6.45, 7) is 4.56. The SMILES string of the molecule is CCCC/C=C/CC/C=C/CC/C=C/C(O)C(COP(=O)([O-])OCC[N+](C)(C)C)NC(=O)CCCCCCCCCCCCCCCCCCCCC/C=C\C/C=C\CCCCCCC. The van der Waals surface area contributed by atoms with Crippen molar-refractivity contribution in [3.05, 3.63) is 60.8 Å². The Morgan fingerprint density at radius 1 is 0.538 bits per heavy atom. The first-order chi connectivity index (χ1) is 31.5. The van der Waals surface area contributed by atoms with Crippen LogP contribution in [0.15, 0.2) is 60.8 Å². The number of hydrogen-bond acceptors (Lipinski definition) is 6. The fraction of sp³-hybridized carbons (Fsp3) is 0.804. The number of allylic oxidation sites excluding steroid dienone is 9. The summed E-state index contributed by atoms with van der Waals surface area (Å²) in [4.78, 5) is 25.4. The van der Waals surface area contributed by atoms with Gasteiger partial charge in [-0.1, -0.05) is 222 Å². The minimum absolute atomic E-state index is 0.00978. The molecule has 0 aromatic rings. The lowest BCUT2D eigenvalue weighted by molar-refractivity contribution is -0.870. The zero-order valence-electron chi connectivity index (χ0n) is 43.2. The molecule has 65 heavy (non-hydrogen) atoms. The van der Waals surface area contributed by atoms with E-state index in [0.717, 1.165) is 57.8 Å². The number of rotatable bonds is 49. The molecule has 1 amide bonds. The Morgan fingerprint density at radius 2 is 0.923 bits per heavy atom. The van der Waals surface area contributed by atoms with Crippen LogP contribution in [-0.4, -0.2) is 68.5 Å². The first-order valence-electron chi connectivity index (χ1n) is 27.2. The van der Waals surface area contributed by atoms with Crippen molar-refractivity contribution in [2.24, 2.45) is 0 Å². The molecular weight excluding hydrogens is 828 g/mol. The van der Waals surface area contributed by atoms with Crippen molar-refractivity contribution >= 4 is 13.7 Å². The van der Waals surface area contributed by atoms with Gasteiger partial charge < -0.3 is 28.8 Å². The van der Waals surface area contributed by atoms with Gasteiger partial charge in [-0.2, -0.15) is 0 Å². The number of phosphoric acid groups is 1. The van der Waals surface area contributed by atoms with Gasteiger partial charge in [0.1, 0.15) is 13.2 Å². The predicted octanol–water partition coefficient (Wildman–Crippen LogP) is 15.5. The minimum Gasteiger partial charge on any atom is -0.756 e. The highest BCUT2D eigenvalue weighted by Gasteiger charge is 2.23. The number of quaternary nitrogens is 1. The van der Waals surface area contributed by atoms with Crippen LogP contribution < -0.4 is 10.2 Å². The van der Waals surface area contributed by atoms with Crippen LogP contribution in [0.3, 0.4) is 0 Å². The second-order valence-corrected chi connectivity index (χ2v) is 21.0. The molecule has 0 aromatic heterocycles. The highest BCUT2D eigenvalue weighted by Crippen LogP contribution is 2.38. The molecule has 2 N–H and O–H groups in total. The Morgan fingerprint density at radius 3 is 1.38 bits per heavy atom. The maximum atomic E-state index is 12.9. The van der Waals surface area contributed by atoms with Crippen molar-refractivity contribution in [1.29, 1.82) is 0 Å². The number of phosphoric ester groups is 1. The summed E-state index contributed by atoms with van der Waals surface area (Å²) in [6, 6.07) is -0.909. The van der Waals surface area contributed by atoms with E-state index in [1.807, 2.05) is 27.2 Å². The van der Waals surface area contributed by atoms with E-state index in [2.05, 4.69) is 67.8 Å². The van der Waals surface area contributed by atoms with Crippen molar-refractivity contribution in [2.45, 2.75) is 251 Å². The molecule has 0 aliphatic heterocycles. The first kappa shape index (κ1) is 63.2. The quantitative estimate of drug-likeness (QED) is 0.0272. The number of hydrogen-bond donors (Lipinski definition) is 2. The molecule has 0 aliphatic carbocycles. The van der Waals surface area contributed by atoms with Crippen molar-refractivity contribution in [3.63, 3.8) is 0 Å². The van der Waals surface area contributed by atoms with Crippen molar-refractivity contribution in [3.8, 4) is 0 Å². The van der Waals surface area contributed by atoms with Crippen LogP contribution in [0.1, 0.15) is 239 Å². The molecular formula is C56H105N2O6P. The molecule has 0 fully saturated rings. The number of aliphatic hydroxyl groups is 1. The van der Waals surface area contributed by atoms with Gasteiger partial charge in [0.2, 0.25) is 5.91 Å². The second kappa shape index (κ2) is 47.3. The Labute approximate surface area is 402 Å². The van der Waals surface area contributed by atoms with Gasteiger partial charge in [0, 0.05) is 6.42 Å². The van der Waals surface area contributed by atoms with Crippen LogP contribution in [0.2, 0.25) is 0 Å². The van der Waals surface area contributed by atoms with Crippen LogP contribution in [0, 0.1) is 0 Å². The smallest absolute Gasteiger partial charge is 0.268 e. The molecule has 0 spiro atoms. The van der Waals surface area contributed by atoms with E-state index in [-0.39, 0.29) is 12.5 Å². The predicted molar refractivity (Wildman–Crippen MR) is 279 cm³/mol. The number of nitrogens with one attached hydrogen (secondary N) is 1. The van der Waals surface area contributed by atoms with E-state index < -0.39 is 26.6 Å². The molecule has 0 rings (SSSR count). The van der Waals surface area contributed by atoms with Crippen LogP contribution in [-0.2, 0) is 18.4 Å². The molecule has 0 heterocycles. The summed E-state index contributed by atoms with van der Waals surface area (Å²) in [5.41, 5.74) is 0. The Balaban J connectivity index is 4.06. The minimum atomic E-state index is -4.60. The third-order valence-corrected chi connectivity index (χ3v) is 12.9. The summed E-state index contributed by atoms with van der Waals surface area (Å²) in [7, 11) is 1.23. The molecule has 0 saturated carbocycles. The Hall–Kier alpha value is -1.80. The zero-order chi connectivity index (χ0) is 47.8. The van der Waals surface area contributed by atoms with E-state index in [9.17, 15) is 19.4 Å². The van der Waals surface area contributed by atoms with Crippen LogP contribution >= 0.6 is 7.82 Å². The lowest BCUT2D eigenvalue weighted by Crippen LogP contribution is -2.45. The summed E-state index contributed by atoms with van der Waals surface area (Å²) in [6.07, 6.45) is 63.1. The third-order valence-electron chi connectivity index (χ3n) is 11.9. The second-order valence-electron chi connectivity index (χ2n) is 19.6. The average Bonchev–Trinajstić information content (AvgIpc) is 3.26. The molecule has 380 valence electrons. The molecule has 0 bridgehead atoms. The molecule has 0 aromatic carbocycles. The summed E-state index contributed by atoms with van der Waals surface area (Å²) in [5.74, 6) is -0.212. The molecule has 3 unspecified atom stereocenters. The molecule has 0 saturated heterocycles. The van der Waals surface area contributed by atoms with Crippen LogP contribution in [0.4, 0.5) is 0 Å². The number of aliphatic hydroxyl groups excluding tert-OH is 1. The number of amides is 1. The molecule has 9 heteroatoms. The van der Waals surface area contributed by atoms with Crippen molar-refractivity contribution in [2.75, 3.05) is 40.9 Å². The average molecular weight is 933 g/mol. The number of likely N-dealkylation sites (N-methyl/N-ethyl adjacent to an activating group) is 1. The van der Waals surface area contributed by atoms with E-state index in [1.54, 1.807) is 6.08 Å². The largest absolute Gasteiger partial charge is 0.756 e. The van der Waals surface area contributed by atoms with E-state index in [0.29, 0.717) is 17.4 Å². The van der Waals surface area contributed by atoms with Crippen LogP contribution in [0.5, 0.6) is 0 Å². The van der Waals surface area contributed by atoms with Crippen LogP contribution in [0.25, 0.3) is 0 Å². The van der Waals surface area contributed by atoms with Gasteiger partial charge in [-0.15, -0.1) is 0 Å². The van der Waals surface area contributed by atoms with Gasteiger partial charge in [-0.05, 0) is 70.6 Å². The number of carbonyl (C=O) groups excluding carboxylic acids is 1. The fourth-order valence-electron chi connectivity index (χ4n) is 7.61. The van der Waals surface area contributed by atoms with Gasteiger partial charge in [0.05, 0.1) is 39.9 Å². The van der Waals surface area contributed by atoms with E-state index in [4.69, 9.17) is 9.05 Å². The van der Waals surface area contributed by atoms with E-state index >= 15 is 0 Å². The molecule has 0 radical (unpaired) electrons. The highest BCUT2D eigenvalue weighted by molar-refractivity contribution is 7.45. The number of carbonyl (C=O) groups is 1. The maximum Gasteiger partial charge on any atom is 0.268 e. The van der Waals surface area contributed by atoms with Gasteiger partial charge in [-0.25, -0.2) is 0 Å².